The van der Waals surface area contributed by atoms with Gasteiger partial charge in [-0.05, 0) is 12.8 Å². The van der Waals surface area contributed by atoms with Gasteiger partial charge >= 0.3 is 11.9 Å². The normalized spacial score (nSPS) is 14.8. The van der Waals surface area contributed by atoms with Crippen molar-refractivity contribution >= 4 is 23.8 Å². The summed E-state index contributed by atoms with van der Waals surface area (Å²) in [5, 5.41) is 2.16. The van der Waals surface area contributed by atoms with Crippen LogP contribution in [0.15, 0.2) is 23.8 Å². The van der Waals surface area contributed by atoms with Gasteiger partial charge in [-0.15, -0.1) is 0 Å². The first-order valence-electron chi connectivity index (χ1n) is 5.97. The minimum atomic E-state index is -0.651. The minimum Gasteiger partial charge on any atom is -0.466 e. The summed E-state index contributed by atoms with van der Waals surface area (Å²) in [5.41, 5.74) is 0.708. The summed E-state index contributed by atoms with van der Waals surface area (Å²) in [6, 6.07) is 0. The van der Waals surface area contributed by atoms with Crippen LogP contribution < -0.4 is 5.32 Å². The van der Waals surface area contributed by atoms with E-state index in [9.17, 15) is 19.2 Å². The lowest BCUT2D eigenvalue weighted by molar-refractivity contribution is -0.139. The Kier molecular flexibility index (Phi) is 6.15. The van der Waals surface area contributed by atoms with Gasteiger partial charge in [0.05, 0.1) is 13.7 Å². The van der Waals surface area contributed by atoms with Crippen molar-refractivity contribution in [2.45, 2.75) is 19.3 Å². The Hall–Kier alpha value is -2.44. The van der Waals surface area contributed by atoms with Gasteiger partial charge in [0.1, 0.15) is 0 Å². The number of imide groups is 1. The lowest BCUT2D eigenvalue weighted by Crippen LogP contribution is -2.32. The van der Waals surface area contributed by atoms with Crippen LogP contribution in [0.3, 0.4) is 0 Å². The summed E-state index contributed by atoms with van der Waals surface area (Å²) >= 11 is 0. The van der Waals surface area contributed by atoms with Crippen LogP contribution in [0.5, 0.6) is 0 Å². The number of hydrogen-bond donors (Lipinski definition) is 1. The van der Waals surface area contributed by atoms with Crippen molar-refractivity contribution in [2.24, 2.45) is 0 Å². The van der Waals surface area contributed by atoms with Crippen molar-refractivity contribution in [1.29, 1.82) is 0 Å². The highest BCUT2D eigenvalue weighted by Gasteiger charge is 2.15. The van der Waals surface area contributed by atoms with Crippen LogP contribution in [0.4, 0.5) is 0 Å². The average molecular weight is 281 g/mol. The second-order valence-electron chi connectivity index (χ2n) is 4.02. The molecule has 1 heterocycles. The highest BCUT2D eigenvalue weighted by Crippen LogP contribution is 2.12. The Balaban J connectivity index is 2.23. The molecule has 2 amide bonds. The molecule has 0 bridgehead atoms. The van der Waals surface area contributed by atoms with Crippen LogP contribution in [0.1, 0.15) is 19.3 Å². The van der Waals surface area contributed by atoms with E-state index in [1.807, 2.05) is 0 Å². The molecule has 1 rings (SSSR count). The summed E-state index contributed by atoms with van der Waals surface area (Å²) < 4.78 is 9.15. The topological polar surface area (TPSA) is 98.8 Å². The molecule has 0 aromatic rings. The second kappa shape index (κ2) is 7.88. The summed E-state index contributed by atoms with van der Waals surface area (Å²) in [6.45, 7) is 0.136. The molecule has 0 aromatic heterocycles. The van der Waals surface area contributed by atoms with Crippen LogP contribution in [-0.2, 0) is 28.7 Å². The monoisotopic (exact) mass is 281 g/mol. The van der Waals surface area contributed by atoms with E-state index >= 15 is 0 Å². The van der Waals surface area contributed by atoms with E-state index in [1.54, 1.807) is 0 Å². The Bertz CT molecular complexity index is 477. The van der Waals surface area contributed by atoms with Gasteiger partial charge in [0.25, 0.3) is 5.91 Å². The molecule has 0 spiro atoms. The molecule has 0 unspecified atom stereocenters. The number of methoxy groups -OCH3 is 1. The zero-order valence-corrected chi connectivity index (χ0v) is 11.0. The second-order valence-corrected chi connectivity index (χ2v) is 4.02. The van der Waals surface area contributed by atoms with E-state index < -0.39 is 17.8 Å². The van der Waals surface area contributed by atoms with Gasteiger partial charge < -0.3 is 9.47 Å². The predicted octanol–water partition coefficient (Wildman–Crippen LogP) is 0.0119. The molecule has 0 aromatic carbocycles. The number of nitrogens with one attached hydrogen (secondary N) is 1. The maximum atomic E-state index is 11.2. The molecule has 1 N–H and O–H groups in total. The fraction of sp³-hybridized carbons (Fsp3) is 0.385. The van der Waals surface area contributed by atoms with Crippen LogP contribution in [0, 0.1) is 0 Å². The van der Waals surface area contributed by atoms with Crippen LogP contribution in [0.2, 0.25) is 0 Å². The summed E-state index contributed by atoms with van der Waals surface area (Å²) in [4.78, 5) is 44.0. The van der Waals surface area contributed by atoms with E-state index in [4.69, 9.17) is 4.74 Å². The third-order valence-electron chi connectivity index (χ3n) is 2.43. The molecule has 7 heteroatoms. The molecular weight excluding hydrogens is 266 g/mol. The molecule has 1 aliphatic heterocycles. The molecule has 0 fully saturated rings. The standard InChI is InChI=1S/C13H15NO6/c1-19-12(17)4-5-13(18)20-6-2-3-9-7-10(15)14-11(16)8-9/h4-5,7H,2-3,6,8H2,1H3,(H,14,15,16)/b5-4+. The SMILES string of the molecule is COC(=O)/C=C/C(=O)OCCCC1=CC(=O)NC(=O)C1. The lowest BCUT2D eigenvalue weighted by atomic mass is 10.0. The first-order valence-corrected chi connectivity index (χ1v) is 5.97. The van der Waals surface area contributed by atoms with Crippen molar-refractivity contribution in [3.63, 3.8) is 0 Å². The van der Waals surface area contributed by atoms with E-state index in [0.29, 0.717) is 18.4 Å². The average Bonchev–Trinajstić information content (AvgIpc) is 2.40. The Morgan fingerprint density at radius 3 is 2.65 bits per heavy atom. The van der Waals surface area contributed by atoms with Gasteiger partial charge in [-0.1, -0.05) is 5.57 Å². The number of ether oxygens (including phenoxy) is 2. The Labute approximate surface area is 115 Å². The fourth-order valence-corrected chi connectivity index (χ4v) is 1.55. The Morgan fingerprint density at radius 2 is 2.00 bits per heavy atom. The number of hydrogen-bond acceptors (Lipinski definition) is 6. The summed E-state index contributed by atoms with van der Waals surface area (Å²) in [7, 11) is 1.20. The number of esters is 2. The number of carbonyl (C=O) groups is 4. The molecule has 0 atom stereocenters. The summed E-state index contributed by atoms with van der Waals surface area (Å²) in [5.74, 6) is -2.04. The summed E-state index contributed by atoms with van der Waals surface area (Å²) in [6.07, 6.45) is 4.48. The third-order valence-corrected chi connectivity index (χ3v) is 2.43. The van der Waals surface area contributed by atoms with Crippen LogP contribution in [0.25, 0.3) is 0 Å². The first-order chi connectivity index (χ1) is 9.51. The molecule has 1 aliphatic rings. The zero-order valence-electron chi connectivity index (χ0n) is 11.0. The molecule has 0 saturated carbocycles. The molecule has 0 radical (unpaired) electrons. The predicted molar refractivity (Wildman–Crippen MR) is 67.2 cm³/mol. The van der Waals surface area contributed by atoms with Gasteiger partial charge in [-0.2, -0.15) is 0 Å². The van der Waals surface area contributed by atoms with Crippen molar-refractivity contribution < 1.29 is 28.7 Å². The van der Waals surface area contributed by atoms with E-state index in [0.717, 1.165) is 12.2 Å². The first kappa shape index (κ1) is 15.6. The van der Waals surface area contributed by atoms with Gasteiger partial charge in [0, 0.05) is 24.6 Å². The van der Waals surface area contributed by atoms with Crippen LogP contribution >= 0.6 is 0 Å². The lowest BCUT2D eigenvalue weighted by Gasteiger charge is -2.12. The van der Waals surface area contributed by atoms with Gasteiger partial charge in [-0.3, -0.25) is 14.9 Å². The highest BCUT2D eigenvalue weighted by molar-refractivity contribution is 6.05. The van der Waals surface area contributed by atoms with E-state index in [2.05, 4.69) is 10.1 Å². The van der Waals surface area contributed by atoms with E-state index in [-0.39, 0.29) is 18.9 Å². The Morgan fingerprint density at radius 1 is 1.30 bits per heavy atom. The van der Waals surface area contributed by atoms with Crippen molar-refractivity contribution in [3.8, 4) is 0 Å². The van der Waals surface area contributed by atoms with E-state index in [1.165, 1.54) is 13.2 Å². The zero-order chi connectivity index (χ0) is 15.0. The van der Waals surface area contributed by atoms with Gasteiger partial charge in [0.2, 0.25) is 5.91 Å². The van der Waals surface area contributed by atoms with Crippen molar-refractivity contribution in [2.75, 3.05) is 13.7 Å². The van der Waals surface area contributed by atoms with Gasteiger partial charge in [-0.25, -0.2) is 9.59 Å². The van der Waals surface area contributed by atoms with Gasteiger partial charge in [0.15, 0.2) is 0 Å². The van der Waals surface area contributed by atoms with Crippen LogP contribution in [-0.4, -0.2) is 37.5 Å². The fourth-order valence-electron chi connectivity index (χ4n) is 1.55. The minimum absolute atomic E-state index is 0.136. The molecule has 7 nitrogen and oxygen atoms in total. The largest absolute Gasteiger partial charge is 0.466 e. The smallest absolute Gasteiger partial charge is 0.331 e. The van der Waals surface area contributed by atoms with Crippen molar-refractivity contribution in [1.82, 2.24) is 5.32 Å². The third kappa shape index (κ3) is 5.94. The molecule has 0 aliphatic carbocycles. The number of carbonyl (C=O) groups excluding carboxylic acids is 4. The number of rotatable bonds is 6. The quantitative estimate of drug-likeness (QED) is 0.319. The molecule has 108 valence electrons. The van der Waals surface area contributed by atoms with Crippen molar-refractivity contribution in [3.05, 3.63) is 23.8 Å². The molecule has 20 heavy (non-hydrogen) atoms. The maximum absolute atomic E-state index is 11.2. The maximum Gasteiger partial charge on any atom is 0.331 e. The number of amides is 2. The molecular formula is C13H15NO6. The highest BCUT2D eigenvalue weighted by atomic mass is 16.5. The molecule has 0 saturated heterocycles.